The summed E-state index contributed by atoms with van der Waals surface area (Å²) in [4.78, 5) is 22.3. The van der Waals surface area contributed by atoms with Gasteiger partial charge in [0, 0.05) is 24.9 Å². The van der Waals surface area contributed by atoms with Crippen molar-refractivity contribution in [3.63, 3.8) is 0 Å². The van der Waals surface area contributed by atoms with Crippen molar-refractivity contribution in [2.24, 2.45) is 5.73 Å². The number of urea groups is 1. The van der Waals surface area contributed by atoms with E-state index in [0.717, 1.165) is 12.1 Å². The fourth-order valence-electron chi connectivity index (χ4n) is 2.24. The molecule has 102 valence electrons. The zero-order valence-corrected chi connectivity index (χ0v) is 9.95. The summed E-state index contributed by atoms with van der Waals surface area (Å²) >= 11 is 0. The van der Waals surface area contributed by atoms with Crippen LogP contribution < -0.4 is 16.4 Å². The largest absolute Gasteiger partial charge is 0.354 e. The van der Waals surface area contributed by atoms with Crippen LogP contribution in [-0.2, 0) is 4.79 Å². The number of nitrogens with one attached hydrogen (secondary N) is 2. The van der Waals surface area contributed by atoms with Gasteiger partial charge in [0.05, 0.1) is 6.04 Å². The molecule has 1 aliphatic heterocycles. The second-order valence-corrected chi connectivity index (χ2v) is 4.40. The Bertz CT molecular complexity index is 522. The highest BCUT2D eigenvalue weighted by molar-refractivity contribution is 5.79. The molecular formula is C12H13F2N3O2. The Balaban J connectivity index is 2.30. The fraction of sp³-hybridized carbons (Fsp3) is 0.333. The van der Waals surface area contributed by atoms with Gasteiger partial charge in [-0.2, -0.15) is 0 Å². The summed E-state index contributed by atoms with van der Waals surface area (Å²) in [5.41, 5.74) is 5.23. The molecule has 2 atom stereocenters. The molecule has 4 N–H and O–H groups in total. The number of hydrogen-bond donors (Lipinski definition) is 3. The maximum Gasteiger partial charge on any atom is 0.312 e. The van der Waals surface area contributed by atoms with E-state index in [1.165, 1.54) is 6.07 Å². The van der Waals surface area contributed by atoms with Gasteiger partial charge < -0.3 is 16.4 Å². The Morgan fingerprint density at radius 2 is 2.16 bits per heavy atom. The molecule has 0 bridgehead atoms. The topological polar surface area (TPSA) is 84.2 Å². The Hall–Kier alpha value is -2.18. The molecule has 3 amide bonds. The van der Waals surface area contributed by atoms with Gasteiger partial charge >= 0.3 is 6.03 Å². The first-order valence-electron chi connectivity index (χ1n) is 5.75. The maximum absolute atomic E-state index is 13.8. The SMILES string of the molecule is NC(=O)NC1CNC(=O)CC1c1ccc(F)cc1F. The molecule has 2 rings (SSSR count). The van der Waals surface area contributed by atoms with E-state index in [1.807, 2.05) is 0 Å². The van der Waals surface area contributed by atoms with E-state index in [0.29, 0.717) is 0 Å². The second-order valence-electron chi connectivity index (χ2n) is 4.40. The number of carbonyl (C=O) groups is 2. The van der Waals surface area contributed by atoms with Crippen LogP contribution in [0.3, 0.4) is 0 Å². The lowest BCUT2D eigenvalue weighted by atomic mass is 9.85. The summed E-state index contributed by atoms with van der Waals surface area (Å²) in [6, 6.07) is 1.88. The molecule has 1 saturated heterocycles. The molecular weight excluding hydrogens is 256 g/mol. The molecule has 0 aliphatic carbocycles. The van der Waals surface area contributed by atoms with E-state index in [4.69, 9.17) is 5.73 Å². The van der Waals surface area contributed by atoms with Gasteiger partial charge in [0.15, 0.2) is 0 Å². The monoisotopic (exact) mass is 269 g/mol. The average molecular weight is 269 g/mol. The van der Waals surface area contributed by atoms with Crippen LogP contribution in [0.15, 0.2) is 18.2 Å². The minimum Gasteiger partial charge on any atom is -0.354 e. The van der Waals surface area contributed by atoms with Crippen molar-refractivity contribution in [3.05, 3.63) is 35.4 Å². The van der Waals surface area contributed by atoms with Crippen LogP contribution in [0.1, 0.15) is 17.9 Å². The average Bonchev–Trinajstić information content (AvgIpc) is 2.31. The number of halogens is 2. The zero-order chi connectivity index (χ0) is 14.0. The van der Waals surface area contributed by atoms with E-state index in [-0.39, 0.29) is 24.4 Å². The number of rotatable bonds is 2. The van der Waals surface area contributed by atoms with E-state index >= 15 is 0 Å². The maximum atomic E-state index is 13.8. The van der Waals surface area contributed by atoms with Crippen molar-refractivity contribution in [2.75, 3.05) is 6.54 Å². The summed E-state index contributed by atoms with van der Waals surface area (Å²) < 4.78 is 26.6. The lowest BCUT2D eigenvalue weighted by Crippen LogP contribution is -2.53. The van der Waals surface area contributed by atoms with Crippen LogP contribution in [0, 0.1) is 11.6 Å². The van der Waals surface area contributed by atoms with Gasteiger partial charge in [0.2, 0.25) is 5.91 Å². The van der Waals surface area contributed by atoms with Crippen LogP contribution in [0.5, 0.6) is 0 Å². The lowest BCUT2D eigenvalue weighted by molar-refractivity contribution is -0.123. The van der Waals surface area contributed by atoms with E-state index in [9.17, 15) is 18.4 Å². The molecule has 0 spiro atoms. The van der Waals surface area contributed by atoms with E-state index in [2.05, 4.69) is 10.6 Å². The Morgan fingerprint density at radius 1 is 1.42 bits per heavy atom. The van der Waals surface area contributed by atoms with E-state index in [1.54, 1.807) is 0 Å². The minimum atomic E-state index is -0.756. The highest BCUT2D eigenvalue weighted by atomic mass is 19.1. The number of piperidine rings is 1. The Labute approximate surface area is 108 Å². The zero-order valence-electron chi connectivity index (χ0n) is 9.95. The van der Waals surface area contributed by atoms with Crippen molar-refractivity contribution in [1.82, 2.24) is 10.6 Å². The molecule has 7 heteroatoms. The summed E-state index contributed by atoms with van der Waals surface area (Å²) in [5.74, 6) is -2.25. The van der Waals surface area contributed by atoms with Crippen LogP contribution in [-0.4, -0.2) is 24.5 Å². The molecule has 19 heavy (non-hydrogen) atoms. The number of hydrogen-bond acceptors (Lipinski definition) is 2. The number of amides is 3. The van der Waals surface area contributed by atoms with Crippen molar-refractivity contribution in [2.45, 2.75) is 18.4 Å². The van der Waals surface area contributed by atoms with Gasteiger partial charge in [-0.1, -0.05) is 6.07 Å². The Morgan fingerprint density at radius 3 is 2.79 bits per heavy atom. The molecule has 1 aromatic carbocycles. The van der Waals surface area contributed by atoms with Crippen molar-refractivity contribution in [3.8, 4) is 0 Å². The number of nitrogens with two attached hydrogens (primary N) is 1. The molecule has 2 unspecified atom stereocenters. The Kier molecular flexibility index (Phi) is 3.64. The summed E-state index contributed by atoms with van der Waals surface area (Å²) in [6.07, 6.45) is 0.00744. The summed E-state index contributed by atoms with van der Waals surface area (Å²) in [5, 5.41) is 5.02. The first-order valence-corrected chi connectivity index (χ1v) is 5.75. The summed E-state index contributed by atoms with van der Waals surface area (Å²) in [7, 11) is 0. The predicted molar refractivity (Wildman–Crippen MR) is 63.2 cm³/mol. The van der Waals surface area contributed by atoms with Crippen molar-refractivity contribution < 1.29 is 18.4 Å². The fourth-order valence-corrected chi connectivity index (χ4v) is 2.24. The third-order valence-corrected chi connectivity index (χ3v) is 3.10. The molecule has 0 aromatic heterocycles. The number of primary amides is 1. The molecule has 1 fully saturated rings. The number of carbonyl (C=O) groups excluding carboxylic acids is 2. The third kappa shape index (κ3) is 2.98. The van der Waals surface area contributed by atoms with Crippen LogP contribution in [0.2, 0.25) is 0 Å². The first-order chi connectivity index (χ1) is 8.97. The normalized spacial score (nSPS) is 22.7. The molecule has 0 saturated carbocycles. The van der Waals surface area contributed by atoms with E-state index < -0.39 is 29.6 Å². The summed E-state index contributed by atoms with van der Waals surface area (Å²) in [6.45, 7) is 0.156. The van der Waals surface area contributed by atoms with Crippen molar-refractivity contribution >= 4 is 11.9 Å². The molecule has 1 aliphatic rings. The highest BCUT2D eigenvalue weighted by Crippen LogP contribution is 2.28. The molecule has 5 nitrogen and oxygen atoms in total. The molecule has 1 aromatic rings. The van der Waals surface area contributed by atoms with Crippen LogP contribution in [0.4, 0.5) is 13.6 Å². The first kappa shape index (κ1) is 13.3. The third-order valence-electron chi connectivity index (χ3n) is 3.10. The standard InChI is InChI=1S/C12H13F2N3O2/c13-6-1-2-7(9(14)3-6)8-4-11(18)16-5-10(8)17-12(15)19/h1-3,8,10H,4-5H2,(H,16,18)(H3,15,17,19). The highest BCUT2D eigenvalue weighted by Gasteiger charge is 2.32. The van der Waals surface area contributed by atoms with Gasteiger partial charge in [0.1, 0.15) is 11.6 Å². The minimum absolute atomic E-state index is 0.00744. The van der Waals surface area contributed by atoms with Crippen molar-refractivity contribution in [1.29, 1.82) is 0 Å². The van der Waals surface area contributed by atoms with Crippen LogP contribution >= 0.6 is 0 Å². The molecule has 1 heterocycles. The van der Waals surface area contributed by atoms with Gasteiger partial charge in [-0.15, -0.1) is 0 Å². The molecule has 0 radical (unpaired) electrons. The van der Waals surface area contributed by atoms with Gasteiger partial charge in [-0.05, 0) is 11.6 Å². The lowest BCUT2D eigenvalue weighted by Gasteiger charge is -2.32. The van der Waals surface area contributed by atoms with Gasteiger partial charge in [0.25, 0.3) is 0 Å². The quantitative estimate of drug-likeness (QED) is 0.734. The van der Waals surface area contributed by atoms with Crippen LogP contribution in [0.25, 0.3) is 0 Å². The predicted octanol–water partition coefficient (Wildman–Crippen LogP) is 0.605. The number of benzene rings is 1. The van der Waals surface area contributed by atoms with Gasteiger partial charge in [-0.3, -0.25) is 4.79 Å². The smallest absolute Gasteiger partial charge is 0.312 e. The second kappa shape index (κ2) is 5.21. The van der Waals surface area contributed by atoms with Gasteiger partial charge in [-0.25, -0.2) is 13.6 Å².